The third-order valence-corrected chi connectivity index (χ3v) is 2.73. The molecule has 0 bridgehead atoms. The molecule has 6 heteroatoms. The van der Waals surface area contributed by atoms with E-state index in [2.05, 4.69) is 0 Å². The topological polar surface area (TPSA) is 64.8 Å². The molecule has 0 amide bonds. The lowest BCUT2D eigenvalue weighted by atomic mass is 10.1. The minimum absolute atomic E-state index is 0.0755. The second kappa shape index (κ2) is 5.43. The van der Waals surface area contributed by atoms with Gasteiger partial charge in [0, 0.05) is 18.2 Å². The molecule has 0 aromatic heterocycles. The van der Waals surface area contributed by atoms with Gasteiger partial charge in [-0.05, 0) is 31.5 Å². The Hall–Kier alpha value is -1.50. The van der Waals surface area contributed by atoms with E-state index in [1.807, 2.05) is 13.8 Å². The molecular weight excluding hydrogens is 236 g/mol. The molecule has 1 aliphatic rings. The van der Waals surface area contributed by atoms with E-state index in [1.54, 1.807) is 17.2 Å². The first-order valence-electron chi connectivity index (χ1n) is 5.87. The van der Waals surface area contributed by atoms with E-state index in [-0.39, 0.29) is 18.0 Å². The number of nitro benzene ring substituents is 1. The van der Waals surface area contributed by atoms with Crippen LogP contribution in [0.4, 0.5) is 5.69 Å². The number of hydrogen-bond acceptors (Lipinski definition) is 5. The maximum Gasteiger partial charge on any atom is 0.269 e. The normalized spacial score (nSPS) is 21.2. The molecule has 0 spiro atoms. The van der Waals surface area contributed by atoms with Crippen LogP contribution in [0.3, 0.4) is 0 Å². The summed E-state index contributed by atoms with van der Waals surface area (Å²) >= 11 is 0. The first-order chi connectivity index (χ1) is 8.59. The van der Waals surface area contributed by atoms with Crippen LogP contribution in [0.5, 0.6) is 0 Å². The Morgan fingerprint density at radius 2 is 2.00 bits per heavy atom. The summed E-state index contributed by atoms with van der Waals surface area (Å²) in [5.74, 6) is 0. The van der Waals surface area contributed by atoms with E-state index in [9.17, 15) is 10.1 Å². The number of rotatable bonds is 3. The van der Waals surface area contributed by atoms with Gasteiger partial charge in [0.05, 0.1) is 18.1 Å². The molecular formula is C12H16N2O4. The van der Waals surface area contributed by atoms with Crippen LogP contribution in [0.15, 0.2) is 24.3 Å². The number of ether oxygens (including phenoxy) is 1. The Balaban J connectivity index is 2.20. The molecule has 0 saturated carbocycles. The Labute approximate surface area is 105 Å². The van der Waals surface area contributed by atoms with Crippen LogP contribution in [0.25, 0.3) is 0 Å². The van der Waals surface area contributed by atoms with Crippen LogP contribution >= 0.6 is 0 Å². The molecule has 1 saturated heterocycles. The number of benzene rings is 1. The predicted molar refractivity (Wildman–Crippen MR) is 64.7 cm³/mol. The Bertz CT molecular complexity index is 419. The summed E-state index contributed by atoms with van der Waals surface area (Å²) in [6.07, 6.45) is -0.306. The number of nitro groups is 1. The summed E-state index contributed by atoms with van der Waals surface area (Å²) < 4.78 is 5.67. The van der Waals surface area contributed by atoms with Crippen molar-refractivity contribution in [3.05, 3.63) is 39.9 Å². The molecule has 2 rings (SSSR count). The first-order valence-corrected chi connectivity index (χ1v) is 5.87. The third kappa shape index (κ3) is 2.66. The van der Waals surface area contributed by atoms with Gasteiger partial charge in [-0.3, -0.25) is 15.0 Å². The fourth-order valence-corrected chi connectivity index (χ4v) is 1.87. The van der Waals surface area contributed by atoms with Crippen LogP contribution in [0.1, 0.15) is 25.6 Å². The molecule has 1 fully saturated rings. The van der Waals surface area contributed by atoms with Gasteiger partial charge in [-0.2, -0.15) is 5.06 Å². The van der Waals surface area contributed by atoms with Gasteiger partial charge < -0.3 is 4.74 Å². The first kappa shape index (κ1) is 12.9. The maximum atomic E-state index is 10.6. The molecule has 98 valence electrons. The maximum absolute atomic E-state index is 10.6. The van der Waals surface area contributed by atoms with E-state index >= 15 is 0 Å². The van der Waals surface area contributed by atoms with E-state index in [0.717, 1.165) is 5.56 Å². The molecule has 18 heavy (non-hydrogen) atoms. The number of nitrogens with zero attached hydrogens (tertiary/aromatic N) is 2. The number of non-ortho nitro benzene ring substituents is 1. The van der Waals surface area contributed by atoms with Crippen LogP contribution in [-0.2, 0) is 9.57 Å². The smallest absolute Gasteiger partial charge is 0.269 e. The Morgan fingerprint density at radius 1 is 1.33 bits per heavy atom. The van der Waals surface area contributed by atoms with Crippen LogP contribution in [-0.4, -0.2) is 29.2 Å². The van der Waals surface area contributed by atoms with Gasteiger partial charge in [0.2, 0.25) is 0 Å². The molecule has 1 aliphatic heterocycles. The molecule has 6 nitrogen and oxygen atoms in total. The average molecular weight is 252 g/mol. The third-order valence-electron chi connectivity index (χ3n) is 2.73. The van der Waals surface area contributed by atoms with E-state index in [0.29, 0.717) is 13.2 Å². The van der Waals surface area contributed by atoms with Crippen molar-refractivity contribution in [2.45, 2.75) is 26.1 Å². The van der Waals surface area contributed by atoms with Gasteiger partial charge in [0.1, 0.15) is 0 Å². The van der Waals surface area contributed by atoms with Gasteiger partial charge >= 0.3 is 0 Å². The zero-order chi connectivity index (χ0) is 13.1. The highest BCUT2D eigenvalue weighted by Gasteiger charge is 2.28. The zero-order valence-corrected chi connectivity index (χ0v) is 10.4. The average Bonchev–Trinajstić information content (AvgIpc) is 2.39. The highest BCUT2D eigenvalue weighted by atomic mass is 16.7. The van der Waals surface area contributed by atoms with Crippen molar-refractivity contribution in [2.75, 3.05) is 13.2 Å². The summed E-state index contributed by atoms with van der Waals surface area (Å²) in [5.41, 5.74) is 0.931. The van der Waals surface area contributed by atoms with Crippen LogP contribution in [0.2, 0.25) is 0 Å². The number of hydroxylamine groups is 2. The van der Waals surface area contributed by atoms with Crippen LogP contribution < -0.4 is 0 Å². The Morgan fingerprint density at radius 3 is 2.56 bits per heavy atom. The van der Waals surface area contributed by atoms with Gasteiger partial charge in [-0.25, -0.2) is 0 Å². The molecule has 1 atom stereocenters. The second-order valence-corrected chi connectivity index (χ2v) is 4.36. The Kier molecular flexibility index (Phi) is 3.90. The van der Waals surface area contributed by atoms with Crippen molar-refractivity contribution < 1.29 is 14.5 Å². The largest absolute Gasteiger partial charge is 0.354 e. The predicted octanol–water partition coefficient (Wildman–Crippen LogP) is 2.27. The number of hydrogen-bond donors (Lipinski definition) is 0. The van der Waals surface area contributed by atoms with Crippen molar-refractivity contribution in [3.63, 3.8) is 0 Å². The van der Waals surface area contributed by atoms with E-state index in [1.165, 1.54) is 12.1 Å². The second-order valence-electron chi connectivity index (χ2n) is 4.36. The molecule has 1 heterocycles. The molecule has 1 unspecified atom stereocenters. The molecule has 0 radical (unpaired) electrons. The van der Waals surface area contributed by atoms with E-state index in [4.69, 9.17) is 9.57 Å². The van der Waals surface area contributed by atoms with Crippen molar-refractivity contribution >= 4 is 5.69 Å². The summed E-state index contributed by atoms with van der Waals surface area (Å²) in [4.78, 5) is 15.7. The van der Waals surface area contributed by atoms with Gasteiger partial charge in [0.15, 0.2) is 6.23 Å². The van der Waals surface area contributed by atoms with Crippen molar-refractivity contribution in [1.29, 1.82) is 0 Å². The highest BCUT2D eigenvalue weighted by Crippen LogP contribution is 2.28. The van der Waals surface area contributed by atoms with Crippen LogP contribution in [0, 0.1) is 10.1 Å². The van der Waals surface area contributed by atoms with Crippen molar-refractivity contribution in [3.8, 4) is 0 Å². The van der Waals surface area contributed by atoms with Gasteiger partial charge in [-0.15, -0.1) is 0 Å². The molecule has 0 aliphatic carbocycles. The van der Waals surface area contributed by atoms with Gasteiger partial charge in [-0.1, -0.05) is 0 Å². The summed E-state index contributed by atoms with van der Waals surface area (Å²) in [6.45, 7) is 5.06. The SMILES string of the molecule is CC(C)N1OCCOC1c1ccc([N+](=O)[O-])cc1. The van der Waals surface area contributed by atoms with Gasteiger partial charge in [0.25, 0.3) is 5.69 Å². The molecule has 1 aromatic carbocycles. The van der Waals surface area contributed by atoms with Crippen molar-refractivity contribution in [1.82, 2.24) is 5.06 Å². The lowest BCUT2D eigenvalue weighted by Gasteiger charge is -2.37. The fraction of sp³-hybridized carbons (Fsp3) is 0.500. The molecule has 1 aromatic rings. The quantitative estimate of drug-likeness (QED) is 0.610. The monoisotopic (exact) mass is 252 g/mol. The lowest BCUT2D eigenvalue weighted by Crippen LogP contribution is -2.41. The summed E-state index contributed by atoms with van der Waals surface area (Å²) in [5, 5.41) is 12.4. The lowest BCUT2D eigenvalue weighted by molar-refractivity contribution is -0.384. The van der Waals surface area contributed by atoms with Crippen molar-refractivity contribution in [2.24, 2.45) is 0 Å². The summed E-state index contributed by atoms with van der Waals surface area (Å²) in [7, 11) is 0. The minimum Gasteiger partial charge on any atom is -0.354 e. The van der Waals surface area contributed by atoms with E-state index < -0.39 is 4.92 Å². The zero-order valence-electron chi connectivity index (χ0n) is 10.4. The highest BCUT2D eigenvalue weighted by molar-refractivity contribution is 5.33. The molecule has 0 N–H and O–H groups in total. The minimum atomic E-state index is -0.414. The standard InChI is InChI=1S/C12H16N2O4/c1-9(2)13-12(17-7-8-18-13)10-3-5-11(6-4-10)14(15)16/h3-6,9,12H,7-8H2,1-2H3. The summed E-state index contributed by atoms with van der Waals surface area (Å²) in [6, 6.07) is 6.53. The fourth-order valence-electron chi connectivity index (χ4n) is 1.87.